The van der Waals surface area contributed by atoms with E-state index >= 15 is 0 Å². The van der Waals surface area contributed by atoms with Crippen molar-refractivity contribution in [1.29, 1.82) is 0 Å². The SMILES string of the molecule is O=C(Nc1cccc(Br)c1)c1ccc2c(c1)C(=O)N(CC1CCCO1)C2=O. The lowest BCUT2D eigenvalue weighted by molar-refractivity contribution is 0.0475. The number of imide groups is 1. The summed E-state index contributed by atoms with van der Waals surface area (Å²) in [6.07, 6.45) is 1.67. The first-order valence-electron chi connectivity index (χ1n) is 8.72. The normalized spacial score (nSPS) is 18.7. The number of halogens is 1. The molecule has 4 rings (SSSR count). The number of nitrogens with zero attached hydrogens (tertiary/aromatic N) is 1. The largest absolute Gasteiger partial charge is 0.376 e. The lowest BCUT2D eigenvalue weighted by Gasteiger charge is -2.17. The van der Waals surface area contributed by atoms with Gasteiger partial charge in [-0.25, -0.2) is 0 Å². The quantitative estimate of drug-likeness (QED) is 0.756. The molecule has 0 aromatic heterocycles. The van der Waals surface area contributed by atoms with Gasteiger partial charge in [-0.05, 0) is 49.2 Å². The van der Waals surface area contributed by atoms with Gasteiger partial charge in [-0.2, -0.15) is 0 Å². The molecule has 1 N–H and O–H groups in total. The fraction of sp³-hybridized carbons (Fsp3) is 0.250. The molecule has 0 radical (unpaired) electrons. The minimum absolute atomic E-state index is 0.105. The van der Waals surface area contributed by atoms with E-state index in [1.54, 1.807) is 24.3 Å². The minimum atomic E-state index is -0.373. The van der Waals surface area contributed by atoms with Gasteiger partial charge in [0.25, 0.3) is 17.7 Å². The van der Waals surface area contributed by atoms with Crippen LogP contribution < -0.4 is 5.32 Å². The van der Waals surface area contributed by atoms with Crippen molar-refractivity contribution < 1.29 is 19.1 Å². The third-order valence-corrected chi connectivity index (χ3v) is 5.22. The van der Waals surface area contributed by atoms with Gasteiger partial charge in [0.05, 0.1) is 23.8 Å². The Kier molecular flexibility index (Phi) is 4.80. The van der Waals surface area contributed by atoms with Crippen molar-refractivity contribution >= 4 is 39.3 Å². The zero-order valence-electron chi connectivity index (χ0n) is 14.4. The summed E-state index contributed by atoms with van der Waals surface area (Å²) < 4.78 is 6.38. The average Bonchev–Trinajstić information content (AvgIpc) is 3.25. The Hall–Kier alpha value is -2.51. The third kappa shape index (κ3) is 3.52. The van der Waals surface area contributed by atoms with Gasteiger partial charge >= 0.3 is 0 Å². The number of nitrogens with one attached hydrogen (secondary N) is 1. The van der Waals surface area contributed by atoms with Crippen molar-refractivity contribution in [3.63, 3.8) is 0 Å². The van der Waals surface area contributed by atoms with E-state index in [9.17, 15) is 14.4 Å². The summed E-state index contributed by atoms with van der Waals surface area (Å²) in [6.45, 7) is 0.916. The van der Waals surface area contributed by atoms with Gasteiger partial charge in [-0.15, -0.1) is 0 Å². The molecule has 1 atom stereocenters. The van der Waals surface area contributed by atoms with Crippen LogP contribution in [0.1, 0.15) is 43.9 Å². The molecule has 1 fully saturated rings. The van der Waals surface area contributed by atoms with Crippen molar-refractivity contribution in [1.82, 2.24) is 4.90 Å². The fourth-order valence-electron chi connectivity index (χ4n) is 3.36. The van der Waals surface area contributed by atoms with E-state index in [-0.39, 0.29) is 35.9 Å². The predicted octanol–water partition coefficient (Wildman–Crippen LogP) is 3.48. The second-order valence-corrected chi connectivity index (χ2v) is 7.50. The van der Waals surface area contributed by atoms with Crippen molar-refractivity contribution in [3.05, 3.63) is 63.6 Å². The highest BCUT2D eigenvalue weighted by molar-refractivity contribution is 9.10. The summed E-state index contributed by atoms with van der Waals surface area (Å²) in [6, 6.07) is 11.8. The smallest absolute Gasteiger partial charge is 0.261 e. The standard InChI is InChI=1S/C20H17BrN2O4/c21-13-3-1-4-14(10-13)22-18(24)12-6-7-16-17(9-12)20(26)23(19(16)25)11-15-5-2-8-27-15/h1,3-4,6-7,9-10,15H,2,5,8,11H2,(H,22,24). The molecule has 2 heterocycles. The first kappa shape index (κ1) is 17.9. The first-order chi connectivity index (χ1) is 13.0. The summed E-state index contributed by atoms with van der Waals surface area (Å²) in [4.78, 5) is 39.0. The predicted molar refractivity (Wildman–Crippen MR) is 103 cm³/mol. The Labute approximate surface area is 164 Å². The number of fused-ring (bicyclic) bond motifs is 1. The van der Waals surface area contributed by atoms with E-state index < -0.39 is 0 Å². The zero-order chi connectivity index (χ0) is 19.0. The van der Waals surface area contributed by atoms with Crippen LogP contribution in [-0.2, 0) is 4.74 Å². The zero-order valence-corrected chi connectivity index (χ0v) is 16.0. The molecular weight excluding hydrogens is 412 g/mol. The Balaban J connectivity index is 1.54. The molecule has 2 aromatic rings. The molecule has 138 valence electrons. The second-order valence-electron chi connectivity index (χ2n) is 6.58. The van der Waals surface area contributed by atoms with Crippen molar-refractivity contribution in [2.75, 3.05) is 18.5 Å². The lowest BCUT2D eigenvalue weighted by atomic mass is 10.1. The van der Waals surface area contributed by atoms with Crippen LogP contribution in [0.2, 0.25) is 0 Å². The number of amides is 3. The molecule has 0 aliphatic carbocycles. The van der Waals surface area contributed by atoms with Crippen LogP contribution in [0.4, 0.5) is 5.69 Å². The van der Waals surface area contributed by atoms with E-state index in [0.29, 0.717) is 23.4 Å². The van der Waals surface area contributed by atoms with Crippen LogP contribution in [0, 0.1) is 0 Å². The third-order valence-electron chi connectivity index (χ3n) is 4.73. The molecule has 2 aliphatic rings. The maximum absolute atomic E-state index is 12.7. The van der Waals surface area contributed by atoms with E-state index in [2.05, 4.69) is 21.2 Å². The van der Waals surface area contributed by atoms with Crippen molar-refractivity contribution in [2.24, 2.45) is 0 Å². The van der Waals surface area contributed by atoms with Crippen LogP contribution in [0.3, 0.4) is 0 Å². The summed E-state index contributed by atoms with van der Waals surface area (Å²) in [5.41, 5.74) is 1.56. The molecule has 2 aromatic carbocycles. The van der Waals surface area contributed by atoms with Crippen LogP contribution in [0.5, 0.6) is 0 Å². The van der Waals surface area contributed by atoms with Crippen LogP contribution in [0.15, 0.2) is 46.9 Å². The number of carbonyl (C=O) groups excluding carboxylic acids is 3. The topological polar surface area (TPSA) is 75.7 Å². The summed E-state index contributed by atoms with van der Waals surface area (Å²) in [7, 11) is 0. The van der Waals surface area contributed by atoms with E-state index in [1.165, 1.54) is 11.0 Å². The van der Waals surface area contributed by atoms with Crippen molar-refractivity contribution in [2.45, 2.75) is 18.9 Å². The highest BCUT2D eigenvalue weighted by Gasteiger charge is 2.37. The number of ether oxygens (including phenoxy) is 1. The maximum atomic E-state index is 12.7. The maximum Gasteiger partial charge on any atom is 0.261 e. The Morgan fingerprint density at radius 2 is 1.96 bits per heavy atom. The molecule has 27 heavy (non-hydrogen) atoms. The molecule has 1 unspecified atom stereocenters. The molecular formula is C20H17BrN2O4. The fourth-order valence-corrected chi connectivity index (χ4v) is 3.76. The van der Waals surface area contributed by atoms with Gasteiger partial charge in [-0.3, -0.25) is 19.3 Å². The van der Waals surface area contributed by atoms with Gasteiger partial charge in [0.15, 0.2) is 0 Å². The molecule has 7 heteroatoms. The van der Waals surface area contributed by atoms with Gasteiger partial charge < -0.3 is 10.1 Å². The van der Waals surface area contributed by atoms with E-state index in [4.69, 9.17) is 4.74 Å². The average molecular weight is 429 g/mol. The molecule has 2 aliphatic heterocycles. The molecule has 3 amide bonds. The molecule has 0 spiro atoms. The molecule has 0 saturated carbocycles. The Bertz CT molecular complexity index is 937. The molecule has 1 saturated heterocycles. The van der Waals surface area contributed by atoms with Crippen LogP contribution in [-0.4, -0.2) is 41.9 Å². The minimum Gasteiger partial charge on any atom is -0.376 e. The lowest BCUT2D eigenvalue weighted by Crippen LogP contribution is -2.36. The molecule has 0 bridgehead atoms. The van der Waals surface area contributed by atoms with Gasteiger partial charge in [0.2, 0.25) is 0 Å². The summed E-state index contributed by atoms with van der Waals surface area (Å²) >= 11 is 3.36. The first-order valence-corrected chi connectivity index (χ1v) is 9.51. The summed E-state index contributed by atoms with van der Waals surface area (Å²) in [5.74, 6) is -1.04. The molecule has 6 nitrogen and oxygen atoms in total. The number of benzene rings is 2. The number of hydrogen-bond acceptors (Lipinski definition) is 4. The van der Waals surface area contributed by atoms with E-state index in [0.717, 1.165) is 17.3 Å². The highest BCUT2D eigenvalue weighted by Crippen LogP contribution is 2.26. The van der Waals surface area contributed by atoms with Crippen LogP contribution in [0.25, 0.3) is 0 Å². The Morgan fingerprint density at radius 3 is 2.70 bits per heavy atom. The van der Waals surface area contributed by atoms with Gasteiger partial charge in [0.1, 0.15) is 0 Å². The number of rotatable bonds is 4. The van der Waals surface area contributed by atoms with E-state index in [1.807, 2.05) is 12.1 Å². The number of anilines is 1. The van der Waals surface area contributed by atoms with Gasteiger partial charge in [0, 0.05) is 22.3 Å². The van der Waals surface area contributed by atoms with Crippen molar-refractivity contribution in [3.8, 4) is 0 Å². The monoisotopic (exact) mass is 428 g/mol. The van der Waals surface area contributed by atoms with Gasteiger partial charge in [-0.1, -0.05) is 22.0 Å². The number of carbonyl (C=O) groups is 3. The highest BCUT2D eigenvalue weighted by atomic mass is 79.9. The summed E-state index contributed by atoms with van der Waals surface area (Å²) in [5, 5.41) is 2.79. The Morgan fingerprint density at radius 1 is 1.15 bits per heavy atom. The second kappa shape index (κ2) is 7.25. The van der Waals surface area contributed by atoms with Crippen LogP contribution >= 0.6 is 15.9 Å². The number of hydrogen-bond donors (Lipinski definition) is 1.